The number of rotatable bonds is 5. The van der Waals surface area contributed by atoms with Gasteiger partial charge in [0.05, 0.1) is 12.8 Å². The van der Waals surface area contributed by atoms with E-state index in [4.69, 9.17) is 4.42 Å². The summed E-state index contributed by atoms with van der Waals surface area (Å²) in [5, 5.41) is 12.8. The Hall–Kier alpha value is -2.68. The maximum absolute atomic E-state index is 12.0. The van der Waals surface area contributed by atoms with Crippen LogP contribution in [0.25, 0.3) is 5.00 Å². The minimum Gasteiger partial charge on any atom is -0.459 e. The summed E-state index contributed by atoms with van der Waals surface area (Å²) < 4.78 is 7.38. The van der Waals surface area contributed by atoms with Gasteiger partial charge in [-0.2, -0.15) is 9.36 Å². The Bertz CT molecular complexity index is 772. The number of aromatic nitrogens is 4. The van der Waals surface area contributed by atoms with Crippen LogP contribution in [-0.4, -0.2) is 32.2 Å². The van der Waals surface area contributed by atoms with Gasteiger partial charge < -0.3 is 9.73 Å². The van der Waals surface area contributed by atoms with Crippen molar-refractivity contribution >= 4 is 17.2 Å². The molecule has 0 aromatic carbocycles. The first-order valence-electron chi connectivity index (χ1n) is 6.14. The Morgan fingerprint density at radius 2 is 2.24 bits per heavy atom. The maximum atomic E-state index is 12.0. The quantitative estimate of drug-likeness (QED) is 0.741. The lowest BCUT2D eigenvalue weighted by molar-refractivity contribution is 0.0924. The van der Waals surface area contributed by atoms with Crippen molar-refractivity contribution in [1.29, 1.82) is 0 Å². The molecule has 8 nitrogen and oxygen atoms in total. The summed E-state index contributed by atoms with van der Waals surface area (Å²) in [6, 6.07) is 6.80. The van der Waals surface area contributed by atoms with Crippen LogP contribution in [0.1, 0.15) is 10.6 Å². The third kappa shape index (κ3) is 2.77. The van der Waals surface area contributed by atoms with Crippen molar-refractivity contribution in [2.75, 3.05) is 6.54 Å². The fraction of sp³-hybridized carbons (Fsp3) is 0.167. The molecule has 0 aliphatic rings. The van der Waals surface area contributed by atoms with Crippen molar-refractivity contribution in [3.8, 4) is 5.00 Å². The van der Waals surface area contributed by atoms with Gasteiger partial charge in [-0.25, -0.2) is 4.79 Å². The summed E-state index contributed by atoms with van der Waals surface area (Å²) >= 11 is 1.40. The smallest absolute Gasteiger partial charge is 0.369 e. The summed E-state index contributed by atoms with van der Waals surface area (Å²) in [7, 11) is 0. The van der Waals surface area contributed by atoms with Crippen LogP contribution in [0.5, 0.6) is 0 Å². The van der Waals surface area contributed by atoms with Gasteiger partial charge in [-0.15, -0.1) is 11.3 Å². The highest BCUT2D eigenvalue weighted by Crippen LogP contribution is 2.10. The first-order chi connectivity index (χ1) is 10.3. The molecule has 0 saturated heterocycles. The Labute approximate surface area is 122 Å². The van der Waals surface area contributed by atoms with Crippen LogP contribution >= 0.6 is 11.3 Å². The highest BCUT2D eigenvalue weighted by Gasteiger charge is 2.11. The standard InChI is InChI=1S/C12H11N5O3S/c18-11(9-3-1-7-20-9)13-5-6-16-12(19)17(15-14-16)10-4-2-8-21-10/h1-4,7-8H,5-6H2,(H,13,18). The topological polar surface area (TPSA) is 95.0 Å². The predicted octanol–water partition coefficient (Wildman–Crippen LogP) is 0.513. The van der Waals surface area contributed by atoms with Gasteiger partial charge in [0.25, 0.3) is 5.91 Å². The van der Waals surface area contributed by atoms with E-state index in [1.807, 2.05) is 11.4 Å². The van der Waals surface area contributed by atoms with Crippen molar-refractivity contribution in [1.82, 2.24) is 25.1 Å². The molecule has 0 aliphatic heterocycles. The largest absolute Gasteiger partial charge is 0.459 e. The number of amides is 1. The lowest BCUT2D eigenvalue weighted by Crippen LogP contribution is -2.31. The van der Waals surface area contributed by atoms with Gasteiger partial charge in [-0.1, -0.05) is 0 Å². The highest BCUT2D eigenvalue weighted by atomic mass is 32.1. The highest BCUT2D eigenvalue weighted by molar-refractivity contribution is 7.12. The minimum atomic E-state index is -0.343. The van der Waals surface area contributed by atoms with Gasteiger partial charge in [-0.05, 0) is 40.1 Å². The number of carbonyl (C=O) groups excluding carboxylic acids is 1. The molecule has 0 aliphatic carbocycles. The average molecular weight is 305 g/mol. The van der Waals surface area contributed by atoms with Gasteiger partial charge in [-0.3, -0.25) is 4.79 Å². The molecule has 0 radical (unpaired) electrons. The fourth-order valence-electron chi connectivity index (χ4n) is 1.71. The summed E-state index contributed by atoms with van der Waals surface area (Å²) in [5.41, 5.74) is -0.343. The number of nitrogens with zero attached hydrogens (tertiary/aromatic N) is 4. The molecule has 0 unspecified atom stereocenters. The third-order valence-electron chi connectivity index (χ3n) is 2.71. The van der Waals surface area contributed by atoms with E-state index in [9.17, 15) is 9.59 Å². The average Bonchev–Trinajstić information content (AvgIpc) is 3.20. The zero-order valence-electron chi connectivity index (χ0n) is 10.8. The summed E-state index contributed by atoms with van der Waals surface area (Å²) in [5.74, 6) is -0.108. The number of hydrogen-bond acceptors (Lipinski definition) is 6. The van der Waals surface area contributed by atoms with E-state index in [1.54, 1.807) is 18.2 Å². The summed E-state index contributed by atoms with van der Waals surface area (Å²) in [6.07, 6.45) is 1.42. The zero-order chi connectivity index (χ0) is 14.7. The van der Waals surface area contributed by atoms with Crippen LogP contribution in [0.2, 0.25) is 0 Å². The van der Waals surface area contributed by atoms with Crippen LogP contribution < -0.4 is 11.0 Å². The molecule has 3 aromatic heterocycles. The van der Waals surface area contributed by atoms with E-state index in [0.29, 0.717) is 5.00 Å². The molecular weight excluding hydrogens is 294 g/mol. The molecule has 0 saturated carbocycles. The van der Waals surface area contributed by atoms with Crippen LogP contribution in [-0.2, 0) is 6.54 Å². The molecule has 0 fully saturated rings. The van der Waals surface area contributed by atoms with E-state index in [2.05, 4.69) is 15.7 Å². The molecule has 0 bridgehead atoms. The molecule has 3 aromatic rings. The number of nitrogens with one attached hydrogen (secondary N) is 1. The number of thiophene rings is 1. The van der Waals surface area contributed by atoms with Crippen molar-refractivity contribution in [2.24, 2.45) is 0 Å². The van der Waals surface area contributed by atoms with Crippen molar-refractivity contribution < 1.29 is 9.21 Å². The fourth-order valence-corrected chi connectivity index (χ4v) is 2.38. The Morgan fingerprint density at radius 3 is 2.95 bits per heavy atom. The van der Waals surface area contributed by atoms with Gasteiger partial charge in [0.15, 0.2) is 5.76 Å². The first-order valence-corrected chi connectivity index (χ1v) is 7.02. The summed E-state index contributed by atoms with van der Waals surface area (Å²) in [4.78, 5) is 23.7. The van der Waals surface area contributed by atoms with Crippen molar-refractivity contribution in [2.45, 2.75) is 6.54 Å². The van der Waals surface area contributed by atoms with Gasteiger partial charge in [0.2, 0.25) is 0 Å². The number of tetrazole rings is 1. The second-order valence-corrected chi connectivity index (χ2v) is 5.01. The second kappa shape index (κ2) is 5.75. The molecule has 3 heterocycles. The molecule has 1 N–H and O–H groups in total. The lowest BCUT2D eigenvalue weighted by Gasteiger charge is -2.01. The van der Waals surface area contributed by atoms with E-state index >= 15 is 0 Å². The molecule has 3 rings (SSSR count). The zero-order valence-corrected chi connectivity index (χ0v) is 11.6. The predicted molar refractivity (Wildman–Crippen MR) is 74.5 cm³/mol. The molecule has 0 spiro atoms. The molecular formula is C12H11N5O3S. The van der Waals surface area contributed by atoms with E-state index < -0.39 is 0 Å². The van der Waals surface area contributed by atoms with E-state index in [-0.39, 0.29) is 30.4 Å². The molecule has 9 heteroatoms. The van der Waals surface area contributed by atoms with Crippen molar-refractivity contribution in [3.63, 3.8) is 0 Å². The van der Waals surface area contributed by atoms with Gasteiger partial charge in [0, 0.05) is 6.54 Å². The second-order valence-electron chi connectivity index (χ2n) is 4.08. The van der Waals surface area contributed by atoms with Gasteiger partial charge in [0.1, 0.15) is 5.00 Å². The van der Waals surface area contributed by atoms with Gasteiger partial charge >= 0.3 is 5.69 Å². The Balaban J connectivity index is 1.62. The first kappa shape index (κ1) is 13.3. The molecule has 108 valence electrons. The van der Waals surface area contributed by atoms with Crippen LogP contribution in [0, 0.1) is 0 Å². The Morgan fingerprint density at radius 1 is 1.33 bits per heavy atom. The van der Waals surface area contributed by atoms with E-state index in [0.717, 1.165) is 0 Å². The molecule has 21 heavy (non-hydrogen) atoms. The Kier molecular flexibility index (Phi) is 3.65. The monoisotopic (exact) mass is 305 g/mol. The normalized spacial score (nSPS) is 10.7. The maximum Gasteiger partial charge on any atom is 0.369 e. The number of carbonyl (C=O) groups is 1. The number of hydrogen-bond donors (Lipinski definition) is 1. The van der Waals surface area contributed by atoms with Crippen molar-refractivity contribution in [3.05, 3.63) is 52.2 Å². The molecule has 0 atom stereocenters. The van der Waals surface area contributed by atoms with Crippen LogP contribution in [0.3, 0.4) is 0 Å². The van der Waals surface area contributed by atoms with Crippen LogP contribution in [0.4, 0.5) is 0 Å². The van der Waals surface area contributed by atoms with E-state index in [1.165, 1.54) is 27.0 Å². The van der Waals surface area contributed by atoms with Crippen LogP contribution in [0.15, 0.2) is 45.1 Å². The minimum absolute atomic E-state index is 0.226. The molecule has 1 amide bonds. The third-order valence-corrected chi connectivity index (χ3v) is 3.55. The SMILES string of the molecule is O=C(NCCn1nnn(-c2cccs2)c1=O)c1ccco1. The summed E-state index contributed by atoms with van der Waals surface area (Å²) in [6.45, 7) is 0.485. The number of furan rings is 1. The lowest BCUT2D eigenvalue weighted by atomic mass is 10.4.